The van der Waals surface area contributed by atoms with Crippen LogP contribution in [0.1, 0.15) is 68.8 Å². The predicted molar refractivity (Wildman–Crippen MR) is 235 cm³/mol. The highest BCUT2D eigenvalue weighted by atomic mass is 35.5. The minimum atomic E-state index is -4.87. The molecule has 7 rings (SSSR count). The second-order valence-corrected chi connectivity index (χ2v) is 18.4. The van der Waals surface area contributed by atoms with E-state index in [0.717, 1.165) is 60.5 Å². The van der Waals surface area contributed by atoms with Gasteiger partial charge in [0, 0.05) is 54.2 Å². The Kier molecular flexibility index (Phi) is 14.9. The van der Waals surface area contributed by atoms with Crippen molar-refractivity contribution in [3.63, 3.8) is 0 Å². The molecule has 18 heteroatoms. The highest BCUT2D eigenvalue weighted by Crippen LogP contribution is 2.36. The van der Waals surface area contributed by atoms with E-state index in [1.165, 1.54) is 17.9 Å². The van der Waals surface area contributed by atoms with Gasteiger partial charge in [-0.15, -0.1) is 0 Å². The molecule has 3 aromatic carbocycles. The normalized spacial score (nSPS) is 22.9. The Bertz CT molecular complexity index is 2380. The SMILES string of the molecule is C[C@H]1C(=O)C[C@@H](CO)C(=O)N[C@@]2(Cc3ccc(Cl)cc3)CCCN(C2)C(=O)[C@H](CC(F)(F)F)CC(=O)N1Cc1c(F)cc(Cl)cc1Oc1ccc(-c2cnc(CN3CCCC3)n2C)cc1. The summed E-state index contributed by atoms with van der Waals surface area (Å²) in [5.41, 5.74) is 0.968. The molecule has 348 valence electrons. The summed E-state index contributed by atoms with van der Waals surface area (Å²) in [6, 6.07) is 14.5. The molecule has 4 atom stereocenters. The standard InChI is InChI=1S/C47H52Cl2F4N6O6/c1-29-40(61)18-33(27-60)44(63)55-46(22-30-6-10-34(48)11-7-30)14-5-17-58(28-46)45(64)32(23-47(51,52)53)19-43(62)59(29)25-37-38(50)20-35(49)21-41(37)65-36-12-8-31(9-13-36)39-24-54-42(56(39)2)26-57-15-3-4-16-57/h6-13,20-21,24,29,32-33,60H,3-5,14-19,22-23,25-28H2,1-2H3,(H,55,63)/t29-,32-,33-,46+/m0/s1. The summed E-state index contributed by atoms with van der Waals surface area (Å²) in [7, 11) is 1.94. The number of benzene rings is 3. The monoisotopic (exact) mass is 942 g/mol. The van der Waals surface area contributed by atoms with Crippen molar-refractivity contribution in [2.45, 2.75) is 89.1 Å². The van der Waals surface area contributed by atoms with Crippen molar-refractivity contribution in [3.05, 3.63) is 99.7 Å². The molecule has 0 saturated carbocycles. The number of hydrogen-bond donors (Lipinski definition) is 2. The number of ketones is 1. The Labute approximate surface area is 384 Å². The van der Waals surface area contributed by atoms with E-state index in [0.29, 0.717) is 23.4 Å². The molecule has 0 aliphatic carbocycles. The van der Waals surface area contributed by atoms with E-state index in [1.54, 1.807) is 54.7 Å². The number of nitrogens with one attached hydrogen (secondary N) is 1. The third-order valence-corrected chi connectivity index (χ3v) is 13.2. The van der Waals surface area contributed by atoms with Gasteiger partial charge in [0.25, 0.3) is 0 Å². The maximum absolute atomic E-state index is 16.1. The van der Waals surface area contributed by atoms with Gasteiger partial charge in [0.2, 0.25) is 17.7 Å². The topological polar surface area (TPSA) is 137 Å². The molecule has 65 heavy (non-hydrogen) atoms. The lowest BCUT2D eigenvalue weighted by Crippen LogP contribution is -2.63. The van der Waals surface area contributed by atoms with E-state index in [2.05, 4.69) is 15.2 Å². The number of amides is 3. The number of imidazole rings is 1. The third-order valence-electron chi connectivity index (χ3n) is 12.7. The fourth-order valence-electron chi connectivity index (χ4n) is 9.17. The van der Waals surface area contributed by atoms with Crippen molar-refractivity contribution in [1.82, 2.24) is 29.6 Å². The minimum Gasteiger partial charge on any atom is -0.457 e. The molecule has 0 spiro atoms. The Morgan fingerprint density at radius 3 is 2.29 bits per heavy atom. The summed E-state index contributed by atoms with van der Waals surface area (Å²) < 4.78 is 67.2. The number of rotatable bonds is 11. The fourth-order valence-corrected chi connectivity index (χ4v) is 9.49. The number of ether oxygens (including phenoxy) is 1. The molecule has 3 aliphatic rings. The van der Waals surface area contributed by atoms with Crippen LogP contribution in [0.4, 0.5) is 17.6 Å². The number of aliphatic hydroxyl groups excluding tert-OH is 1. The van der Waals surface area contributed by atoms with Crippen molar-refractivity contribution in [1.29, 1.82) is 0 Å². The molecule has 3 aliphatic heterocycles. The van der Waals surface area contributed by atoms with Crippen LogP contribution in [-0.4, -0.2) is 103 Å². The van der Waals surface area contributed by atoms with Gasteiger partial charge >= 0.3 is 6.18 Å². The van der Waals surface area contributed by atoms with Gasteiger partial charge in [-0.25, -0.2) is 9.37 Å². The summed E-state index contributed by atoms with van der Waals surface area (Å²) in [6.07, 6.45) is -3.16. The summed E-state index contributed by atoms with van der Waals surface area (Å²) in [4.78, 5) is 65.9. The van der Waals surface area contributed by atoms with Crippen molar-refractivity contribution in [2.75, 3.05) is 32.8 Å². The van der Waals surface area contributed by atoms with E-state index in [4.69, 9.17) is 27.9 Å². The first kappa shape index (κ1) is 47.9. The molecular weight excluding hydrogens is 891 g/mol. The van der Waals surface area contributed by atoms with Crippen molar-refractivity contribution < 1.29 is 46.6 Å². The summed E-state index contributed by atoms with van der Waals surface area (Å²) in [6.45, 7) is 2.50. The molecular formula is C47H52Cl2F4N6O6. The van der Waals surface area contributed by atoms with Crippen LogP contribution in [0.25, 0.3) is 11.3 Å². The Hall–Kier alpha value is -5.03. The van der Waals surface area contributed by atoms with Crippen LogP contribution in [-0.2, 0) is 45.7 Å². The molecule has 3 amide bonds. The van der Waals surface area contributed by atoms with Crippen LogP contribution in [0.15, 0.2) is 66.9 Å². The zero-order valence-electron chi connectivity index (χ0n) is 36.2. The van der Waals surface area contributed by atoms with Crippen LogP contribution in [0.5, 0.6) is 11.5 Å². The van der Waals surface area contributed by atoms with Gasteiger partial charge in [-0.1, -0.05) is 35.3 Å². The quantitative estimate of drug-likeness (QED) is 0.145. The van der Waals surface area contributed by atoms with E-state index in [1.807, 2.05) is 11.6 Å². The first-order valence-electron chi connectivity index (χ1n) is 21.7. The van der Waals surface area contributed by atoms with Crippen LogP contribution >= 0.6 is 23.2 Å². The van der Waals surface area contributed by atoms with E-state index >= 15 is 4.39 Å². The van der Waals surface area contributed by atoms with Gasteiger partial charge in [0.1, 0.15) is 23.1 Å². The number of carbonyl (C=O) groups is 4. The number of Topliss-reactive ketones (excluding diaryl/α,β-unsaturated/α-hetero) is 1. The number of alkyl halides is 3. The summed E-state index contributed by atoms with van der Waals surface area (Å²) >= 11 is 12.4. The Morgan fingerprint density at radius 1 is 0.908 bits per heavy atom. The lowest BCUT2D eigenvalue weighted by molar-refractivity contribution is -0.164. The number of aliphatic hydroxyl groups is 1. The van der Waals surface area contributed by atoms with Crippen LogP contribution in [0.2, 0.25) is 10.0 Å². The average molecular weight is 944 g/mol. The Balaban J connectivity index is 1.19. The van der Waals surface area contributed by atoms with Gasteiger partial charge in [-0.3, -0.25) is 24.1 Å². The zero-order valence-corrected chi connectivity index (χ0v) is 37.7. The second-order valence-electron chi connectivity index (χ2n) is 17.5. The number of hydrogen-bond acceptors (Lipinski definition) is 8. The van der Waals surface area contributed by atoms with Gasteiger partial charge in [-0.2, -0.15) is 13.2 Å². The number of likely N-dealkylation sites (tertiary alicyclic amines) is 1. The van der Waals surface area contributed by atoms with Gasteiger partial charge < -0.3 is 29.5 Å². The maximum atomic E-state index is 16.1. The molecule has 0 radical (unpaired) electrons. The summed E-state index contributed by atoms with van der Waals surface area (Å²) in [5.74, 6) is -6.55. The van der Waals surface area contributed by atoms with Crippen LogP contribution in [0.3, 0.4) is 0 Å². The molecule has 1 aromatic heterocycles. The number of nitrogens with zero attached hydrogens (tertiary/aromatic N) is 5. The van der Waals surface area contributed by atoms with Crippen molar-refractivity contribution in [2.24, 2.45) is 18.9 Å². The minimum absolute atomic E-state index is 0.0567. The molecule has 12 nitrogen and oxygen atoms in total. The summed E-state index contributed by atoms with van der Waals surface area (Å²) in [5, 5.41) is 13.8. The highest BCUT2D eigenvalue weighted by Gasteiger charge is 2.45. The van der Waals surface area contributed by atoms with Gasteiger partial charge in [0.05, 0.1) is 61.4 Å². The predicted octanol–water partition coefficient (Wildman–Crippen LogP) is 7.90. The lowest BCUT2D eigenvalue weighted by Gasteiger charge is -2.45. The number of carbonyl (C=O) groups excluding carboxylic acids is 4. The molecule has 3 saturated heterocycles. The Morgan fingerprint density at radius 2 is 1.62 bits per heavy atom. The number of aromatic nitrogens is 2. The zero-order chi connectivity index (χ0) is 46.6. The van der Waals surface area contributed by atoms with Crippen molar-refractivity contribution in [3.8, 4) is 22.8 Å². The third kappa shape index (κ3) is 11.7. The molecule has 2 N–H and O–H groups in total. The van der Waals surface area contributed by atoms with Gasteiger partial charge in [-0.05, 0) is 106 Å². The van der Waals surface area contributed by atoms with E-state index in [9.17, 15) is 37.5 Å². The highest BCUT2D eigenvalue weighted by molar-refractivity contribution is 6.31. The smallest absolute Gasteiger partial charge is 0.389 e. The second kappa shape index (κ2) is 20.2. The first-order valence-corrected chi connectivity index (χ1v) is 22.5. The number of fused-ring (bicyclic) bond motifs is 2. The van der Waals surface area contributed by atoms with Crippen LogP contribution < -0.4 is 10.1 Å². The molecule has 4 heterocycles. The van der Waals surface area contributed by atoms with Crippen LogP contribution in [0, 0.1) is 17.7 Å². The molecule has 2 bridgehead atoms. The molecule has 3 fully saturated rings. The lowest BCUT2D eigenvalue weighted by atomic mass is 9.81. The van der Waals surface area contributed by atoms with E-state index < -0.39 is 91.3 Å². The largest absolute Gasteiger partial charge is 0.457 e. The fraction of sp³-hybridized carbons (Fsp3) is 0.468. The maximum Gasteiger partial charge on any atom is 0.389 e. The number of piperidine rings is 1. The van der Waals surface area contributed by atoms with Gasteiger partial charge in [0.15, 0.2) is 5.78 Å². The average Bonchev–Trinajstić information content (AvgIpc) is 3.91. The molecule has 0 unspecified atom stereocenters. The van der Waals surface area contributed by atoms with E-state index in [-0.39, 0.29) is 41.6 Å². The van der Waals surface area contributed by atoms with Crippen molar-refractivity contribution >= 4 is 46.7 Å². The first-order chi connectivity index (χ1) is 30.9. The molecule has 4 aromatic rings. The number of halogens is 6.